The predicted molar refractivity (Wildman–Crippen MR) is 84.7 cm³/mol. The molecule has 0 aromatic heterocycles. The van der Waals surface area contributed by atoms with Gasteiger partial charge in [-0.05, 0) is 38.0 Å². The highest BCUT2D eigenvalue weighted by Crippen LogP contribution is 2.61. The Kier molecular flexibility index (Phi) is 4.81. The number of rotatable bonds is 5. The smallest absolute Gasteiger partial charge is 0.313 e. The summed E-state index contributed by atoms with van der Waals surface area (Å²) in [6.45, 7) is 3.17. The molecule has 2 aliphatic carbocycles. The number of aliphatic hydroxyl groups is 1. The highest BCUT2D eigenvalue weighted by Gasteiger charge is 2.60. The summed E-state index contributed by atoms with van der Waals surface area (Å²) in [4.78, 5) is 12.9. The van der Waals surface area contributed by atoms with E-state index in [0.717, 1.165) is 38.5 Å². The average molecular weight is 324 g/mol. The Labute approximate surface area is 138 Å². The minimum Gasteiger partial charge on any atom is -0.463 e. The molecule has 3 rings (SSSR count). The van der Waals surface area contributed by atoms with Crippen molar-refractivity contribution in [2.75, 3.05) is 26.4 Å². The summed E-state index contributed by atoms with van der Waals surface area (Å²) in [6, 6.07) is 0. The molecule has 1 aliphatic heterocycles. The number of esters is 1. The van der Waals surface area contributed by atoms with E-state index < -0.39 is 11.2 Å². The lowest BCUT2D eigenvalue weighted by Gasteiger charge is -2.55. The van der Waals surface area contributed by atoms with E-state index in [-0.39, 0.29) is 24.6 Å². The van der Waals surface area contributed by atoms with E-state index in [0.29, 0.717) is 19.6 Å². The van der Waals surface area contributed by atoms with Gasteiger partial charge in [0.25, 0.3) is 0 Å². The highest BCUT2D eigenvalue weighted by atomic mass is 16.7. The summed E-state index contributed by atoms with van der Waals surface area (Å²) in [6.07, 6.45) is 10.6. The molecule has 0 bridgehead atoms. The third-order valence-corrected chi connectivity index (χ3v) is 5.94. The topological polar surface area (TPSA) is 65.0 Å². The molecule has 1 saturated carbocycles. The molecule has 2 unspecified atom stereocenters. The number of aliphatic hydroxyl groups excluding tert-OH is 1. The van der Waals surface area contributed by atoms with Crippen molar-refractivity contribution in [2.24, 2.45) is 10.8 Å². The number of ether oxygens (including phenoxy) is 3. The molecule has 1 heterocycles. The van der Waals surface area contributed by atoms with E-state index in [4.69, 9.17) is 19.3 Å². The van der Waals surface area contributed by atoms with Gasteiger partial charge in [-0.15, -0.1) is 0 Å². The molecule has 0 aromatic rings. The summed E-state index contributed by atoms with van der Waals surface area (Å²) in [5.74, 6) is -0.761. The van der Waals surface area contributed by atoms with E-state index in [1.165, 1.54) is 0 Å². The van der Waals surface area contributed by atoms with Gasteiger partial charge in [-0.3, -0.25) is 4.79 Å². The maximum atomic E-state index is 12.9. The van der Waals surface area contributed by atoms with Gasteiger partial charge in [0.05, 0.1) is 25.2 Å². The van der Waals surface area contributed by atoms with Crippen LogP contribution in [0.2, 0.25) is 0 Å². The van der Waals surface area contributed by atoms with Crippen molar-refractivity contribution >= 4 is 5.97 Å². The molecule has 0 aromatic carbocycles. The molecule has 1 saturated heterocycles. The van der Waals surface area contributed by atoms with Crippen molar-refractivity contribution in [2.45, 2.75) is 57.7 Å². The van der Waals surface area contributed by atoms with Crippen molar-refractivity contribution in [1.29, 1.82) is 0 Å². The van der Waals surface area contributed by atoms with E-state index in [2.05, 4.69) is 12.2 Å². The summed E-state index contributed by atoms with van der Waals surface area (Å²) < 4.78 is 17.1. The number of carbonyl (C=O) groups excluding carboxylic acids is 1. The van der Waals surface area contributed by atoms with Gasteiger partial charge in [0.2, 0.25) is 0 Å². The fourth-order valence-corrected chi connectivity index (χ4v) is 4.89. The quantitative estimate of drug-likeness (QED) is 0.622. The zero-order valence-electron chi connectivity index (χ0n) is 14.0. The third kappa shape index (κ3) is 2.94. The second-order valence-electron chi connectivity index (χ2n) is 7.32. The number of carbonyl (C=O) groups is 1. The van der Waals surface area contributed by atoms with Gasteiger partial charge >= 0.3 is 5.97 Å². The Balaban J connectivity index is 1.91. The number of hydrogen-bond donors (Lipinski definition) is 1. The number of hydrogen-bond acceptors (Lipinski definition) is 5. The largest absolute Gasteiger partial charge is 0.463 e. The monoisotopic (exact) mass is 324 g/mol. The van der Waals surface area contributed by atoms with Gasteiger partial charge in [-0.25, -0.2) is 0 Å². The van der Waals surface area contributed by atoms with Crippen molar-refractivity contribution in [1.82, 2.24) is 0 Å². The van der Waals surface area contributed by atoms with E-state index >= 15 is 0 Å². The standard InChI is InChI=1S/C18H28O5/c1-16(22-12-13-23-16)14-17-6-2-4-8-18(17,9-5-3-7-17)15(20)21-11-10-19/h2,4,19H,3,5-14H2,1H3. The van der Waals surface area contributed by atoms with Crippen molar-refractivity contribution < 1.29 is 24.1 Å². The first-order valence-electron chi connectivity index (χ1n) is 8.77. The molecule has 0 radical (unpaired) electrons. The van der Waals surface area contributed by atoms with E-state index in [9.17, 15) is 4.79 Å². The summed E-state index contributed by atoms with van der Waals surface area (Å²) in [7, 11) is 0. The van der Waals surface area contributed by atoms with Crippen LogP contribution in [-0.2, 0) is 19.0 Å². The van der Waals surface area contributed by atoms with Crippen LogP contribution in [0.1, 0.15) is 51.9 Å². The van der Waals surface area contributed by atoms with Crippen LogP contribution < -0.4 is 0 Å². The Morgan fingerprint density at radius 1 is 1.17 bits per heavy atom. The summed E-state index contributed by atoms with van der Waals surface area (Å²) in [5, 5.41) is 9.01. The summed E-state index contributed by atoms with van der Waals surface area (Å²) >= 11 is 0. The average Bonchev–Trinajstić information content (AvgIpc) is 2.98. The third-order valence-electron chi connectivity index (χ3n) is 5.94. The first-order chi connectivity index (χ1) is 11.1. The number of allylic oxidation sites excluding steroid dienone is 2. The maximum absolute atomic E-state index is 12.9. The van der Waals surface area contributed by atoms with Crippen LogP contribution in [0.5, 0.6) is 0 Å². The Morgan fingerprint density at radius 2 is 1.87 bits per heavy atom. The summed E-state index contributed by atoms with van der Waals surface area (Å²) in [5.41, 5.74) is -0.681. The van der Waals surface area contributed by atoms with Gasteiger partial charge in [0.15, 0.2) is 5.79 Å². The molecule has 2 atom stereocenters. The van der Waals surface area contributed by atoms with Crippen LogP contribution in [0, 0.1) is 10.8 Å². The lowest BCUT2D eigenvalue weighted by Crippen LogP contribution is -2.54. The van der Waals surface area contributed by atoms with Gasteiger partial charge in [-0.2, -0.15) is 0 Å². The first-order valence-corrected chi connectivity index (χ1v) is 8.77. The zero-order valence-corrected chi connectivity index (χ0v) is 14.0. The van der Waals surface area contributed by atoms with Crippen LogP contribution in [0.3, 0.4) is 0 Å². The first kappa shape index (κ1) is 16.9. The van der Waals surface area contributed by atoms with Crippen LogP contribution in [0.15, 0.2) is 12.2 Å². The molecule has 5 nitrogen and oxygen atoms in total. The molecule has 1 N–H and O–H groups in total. The Morgan fingerprint density at radius 3 is 2.61 bits per heavy atom. The van der Waals surface area contributed by atoms with Crippen molar-refractivity contribution in [3.8, 4) is 0 Å². The number of fused-ring (bicyclic) bond motifs is 1. The molecular formula is C18H28O5. The van der Waals surface area contributed by atoms with Crippen LogP contribution >= 0.6 is 0 Å². The van der Waals surface area contributed by atoms with Crippen molar-refractivity contribution in [3.63, 3.8) is 0 Å². The second kappa shape index (κ2) is 6.54. The van der Waals surface area contributed by atoms with Crippen LogP contribution in [-0.4, -0.2) is 43.3 Å². The molecular weight excluding hydrogens is 296 g/mol. The fraction of sp³-hybridized carbons (Fsp3) is 0.833. The molecule has 2 fully saturated rings. The molecule has 130 valence electrons. The molecule has 0 spiro atoms. The Bertz CT molecular complexity index is 468. The zero-order chi connectivity index (χ0) is 16.4. The van der Waals surface area contributed by atoms with Crippen molar-refractivity contribution in [3.05, 3.63) is 12.2 Å². The molecule has 23 heavy (non-hydrogen) atoms. The normalized spacial score (nSPS) is 35.7. The van der Waals surface area contributed by atoms with Crippen LogP contribution in [0.4, 0.5) is 0 Å². The van der Waals surface area contributed by atoms with Crippen LogP contribution in [0.25, 0.3) is 0 Å². The minimum absolute atomic E-state index is 0.0741. The lowest BCUT2D eigenvalue weighted by atomic mass is 9.49. The fourth-order valence-electron chi connectivity index (χ4n) is 4.89. The van der Waals surface area contributed by atoms with Gasteiger partial charge in [-0.1, -0.05) is 25.0 Å². The SMILES string of the molecule is CC1(CC23CC=CCC2(C(=O)OCCO)CCCC3)OCCO1. The van der Waals surface area contributed by atoms with E-state index in [1.807, 2.05) is 6.92 Å². The Hall–Kier alpha value is -0.910. The maximum Gasteiger partial charge on any atom is 0.313 e. The van der Waals surface area contributed by atoms with Gasteiger partial charge < -0.3 is 19.3 Å². The molecule has 0 amide bonds. The highest BCUT2D eigenvalue weighted by molar-refractivity contribution is 5.79. The predicted octanol–water partition coefficient (Wildman–Crippen LogP) is 2.57. The minimum atomic E-state index is -0.606. The second-order valence-corrected chi connectivity index (χ2v) is 7.32. The van der Waals surface area contributed by atoms with Gasteiger partial charge in [0.1, 0.15) is 6.61 Å². The molecule has 5 heteroatoms. The van der Waals surface area contributed by atoms with Gasteiger partial charge in [0, 0.05) is 6.42 Å². The molecule has 3 aliphatic rings. The lowest BCUT2D eigenvalue weighted by molar-refractivity contribution is -0.204. The van der Waals surface area contributed by atoms with E-state index in [1.54, 1.807) is 0 Å².